The summed E-state index contributed by atoms with van der Waals surface area (Å²) in [5.74, 6) is -0.272. The highest BCUT2D eigenvalue weighted by Gasteiger charge is 2.15. The Morgan fingerprint density at radius 1 is 1.15 bits per heavy atom. The fraction of sp³-hybridized carbons (Fsp3) is 0.600. The second kappa shape index (κ2) is 10.0. The van der Waals surface area contributed by atoms with E-state index >= 15 is 0 Å². The zero-order valence-electron chi connectivity index (χ0n) is 16.4. The van der Waals surface area contributed by atoms with Gasteiger partial charge in [0.2, 0.25) is 0 Å². The Labute approximate surface area is 155 Å². The maximum Gasteiger partial charge on any atom is 0.407 e. The largest absolute Gasteiger partial charge is 0.493 e. The topological polar surface area (TPSA) is 84.9 Å². The second-order valence-corrected chi connectivity index (χ2v) is 7.55. The molecule has 2 N–H and O–H groups in total. The predicted molar refractivity (Wildman–Crippen MR) is 101 cm³/mol. The number of carboxylic acid groups (broad SMARTS) is 1. The van der Waals surface area contributed by atoms with E-state index < -0.39 is 17.7 Å². The van der Waals surface area contributed by atoms with Crippen LogP contribution >= 0.6 is 0 Å². The first kappa shape index (κ1) is 21.8. The van der Waals surface area contributed by atoms with Crippen LogP contribution in [0.5, 0.6) is 5.75 Å². The summed E-state index contributed by atoms with van der Waals surface area (Å²) in [5, 5.41) is 12.0. The van der Waals surface area contributed by atoms with Crippen molar-refractivity contribution in [3.63, 3.8) is 0 Å². The average Bonchev–Trinajstić information content (AvgIpc) is 2.51. The quantitative estimate of drug-likeness (QED) is 0.626. The smallest absolute Gasteiger partial charge is 0.407 e. The number of carbonyl (C=O) groups excluding carboxylic acids is 1. The van der Waals surface area contributed by atoms with Crippen LogP contribution in [0.15, 0.2) is 18.2 Å². The normalized spacial score (nSPS) is 11.3. The van der Waals surface area contributed by atoms with Gasteiger partial charge in [-0.2, -0.15) is 0 Å². The molecular formula is C20H31NO5. The highest BCUT2D eigenvalue weighted by molar-refractivity contribution is 5.91. The minimum atomic E-state index is -0.989. The van der Waals surface area contributed by atoms with Gasteiger partial charge in [-0.3, -0.25) is 0 Å². The number of amides is 1. The van der Waals surface area contributed by atoms with E-state index in [2.05, 4.69) is 19.2 Å². The van der Waals surface area contributed by atoms with E-state index in [0.717, 1.165) is 24.8 Å². The Balaban J connectivity index is 2.34. The molecule has 0 aliphatic carbocycles. The van der Waals surface area contributed by atoms with Gasteiger partial charge in [0.25, 0.3) is 0 Å². The molecule has 0 saturated carbocycles. The molecule has 0 aromatic heterocycles. The van der Waals surface area contributed by atoms with Crippen LogP contribution in [-0.4, -0.2) is 35.9 Å². The van der Waals surface area contributed by atoms with Gasteiger partial charge < -0.3 is 19.9 Å². The summed E-state index contributed by atoms with van der Waals surface area (Å²) in [6, 6.07) is 5.22. The summed E-state index contributed by atoms with van der Waals surface area (Å²) in [5.41, 5.74) is 0.733. The molecule has 0 aliphatic rings. The van der Waals surface area contributed by atoms with Gasteiger partial charge in [-0.1, -0.05) is 19.9 Å². The summed E-state index contributed by atoms with van der Waals surface area (Å²) in [6.45, 7) is 10.6. The Kier molecular flexibility index (Phi) is 8.42. The molecule has 0 saturated heterocycles. The summed E-state index contributed by atoms with van der Waals surface area (Å²) in [4.78, 5) is 22.8. The van der Waals surface area contributed by atoms with Crippen molar-refractivity contribution in [3.05, 3.63) is 29.3 Å². The molecule has 26 heavy (non-hydrogen) atoms. The number of unbranched alkanes of at least 4 members (excludes halogenated alkanes) is 2. The van der Waals surface area contributed by atoms with Gasteiger partial charge in [-0.05, 0) is 63.6 Å². The van der Waals surface area contributed by atoms with Crippen LogP contribution in [0.2, 0.25) is 0 Å². The lowest BCUT2D eigenvalue weighted by atomic mass is 10.0. The van der Waals surface area contributed by atoms with Crippen molar-refractivity contribution in [2.75, 3.05) is 13.2 Å². The van der Waals surface area contributed by atoms with Crippen LogP contribution in [0.25, 0.3) is 0 Å². The van der Waals surface area contributed by atoms with Gasteiger partial charge in [0.15, 0.2) is 0 Å². The summed E-state index contributed by atoms with van der Waals surface area (Å²) >= 11 is 0. The van der Waals surface area contributed by atoms with E-state index in [0.29, 0.717) is 24.8 Å². The zero-order valence-corrected chi connectivity index (χ0v) is 16.4. The molecule has 0 bridgehead atoms. The van der Waals surface area contributed by atoms with Gasteiger partial charge >= 0.3 is 12.1 Å². The molecule has 0 aliphatic heterocycles. The summed E-state index contributed by atoms with van der Waals surface area (Å²) in [7, 11) is 0. The molecule has 146 valence electrons. The number of aromatic carboxylic acids is 1. The first-order valence-electron chi connectivity index (χ1n) is 9.07. The molecule has 6 heteroatoms. The fourth-order valence-corrected chi connectivity index (χ4v) is 2.28. The lowest BCUT2D eigenvalue weighted by Crippen LogP contribution is -2.33. The number of rotatable bonds is 9. The first-order valence-corrected chi connectivity index (χ1v) is 9.07. The second-order valence-electron chi connectivity index (χ2n) is 7.55. The number of nitrogens with one attached hydrogen (secondary N) is 1. The molecule has 1 aromatic rings. The summed E-state index contributed by atoms with van der Waals surface area (Å²) < 4.78 is 10.8. The van der Waals surface area contributed by atoms with Crippen molar-refractivity contribution < 1.29 is 24.2 Å². The Morgan fingerprint density at radius 2 is 1.85 bits per heavy atom. The van der Waals surface area contributed by atoms with Gasteiger partial charge in [0.05, 0.1) is 6.61 Å². The zero-order chi connectivity index (χ0) is 19.7. The van der Waals surface area contributed by atoms with Crippen molar-refractivity contribution in [2.45, 2.75) is 65.4 Å². The van der Waals surface area contributed by atoms with Crippen LogP contribution in [0.4, 0.5) is 4.79 Å². The number of carboxylic acids is 1. The van der Waals surface area contributed by atoms with Crippen LogP contribution < -0.4 is 10.1 Å². The SMILES string of the molecule is CC(C)c1ccc(C(=O)O)c(OCCCCCNC(=O)OC(C)(C)C)c1. The fourth-order valence-electron chi connectivity index (χ4n) is 2.28. The number of benzene rings is 1. The highest BCUT2D eigenvalue weighted by Crippen LogP contribution is 2.25. The maximum absolute atomic E-state index is 11.5. The molecule has 1 rings (SSSR count). The molecule has 0 spiro atoms. The van der Waals surface area contributed by atoms with E-state index in [1.54, 1.807) is 12.1 Å². The molecule has 0 unspecified atom stereocenters. The minimum Gasteiger partial charge on any atom is -0.493 e. The molecular weight excluding hydrogens is 334 g/mol. The summed E-state index contributed by atoms with van der Waals surface area (Å²) in [6.07, 6.45) is 2.04. The first-order chi connectivity index (χ1) is 12.1. The van der Waals surface area contributed by atoms with Crippen molar-refractivity contribution in [1.29, 1.82) is 0 Å². The standard InChI is InChI=1S/C20H31NO5/c1-14(2)15-9-10-16(18(22)23)17(13-15)25-12-8-6-7-11-21-19(24)26-20(3,4)5/h9-10,13-14H,6-8,11-12H2,1-5H3,(H,21,24)(H,22,23). The van der Waals surface area contributed by atoms with Gasteiger partial charge in [0, 0.05) is 6.54 Å². The lowest BCUT2D eigenvalue weighted by molar-refractivity contribution is 0.0526. The number of carbonyl (C=O) groups is 2. The Hall–Kier alpha value is -2.24. The predicted octanol–water partition coefficient (Wildman–Crippen LogP) is 4.58. The highest BCUT2D eigenvalue weighted by atomic mass is 16.6. The number of hydrogen-bond donors (Lipinski definition) is 2. The monoisotopic (exact) mass is 365 g/mol. The van der Waals surface area contributed by atoms with Crippen molar-refractivity contribution in [1.82, 2.24) is 5.32 Å². The molecule has 6 nitrogen and oxygen atoms in total. The number of alkyl carbamates (subject to hydrolysis) is 1. The van der Waals surface area contributed by atoms with E-state index in [4.69, 9.17) is 9.47 Å². The van der Waals surface area contributed by atoms with Crippen molar-refractivity contribution in [3.8, 4) is 5.75 Å². The van der Waals surface area contributed by atoms with E-state index in [1.807, 2.05) is 26.8 Å². The van der Waals surface area contributed by atoms with E-state index in [-0.39, 0.29) is 5.56 Å². The molecule has 0 heterocycles. The van der Waals surface area contributed by atoms with E-state index in [1.165, 1.54) is 0 Å². The van der Waals surface area contributed by atoms with Crippen LogP contribution in [0.3, 0.4) is 0 Å². The molecule has 0 atom stereocenters. The molecule has 0 radical (unpaired) electrons. The number of ether oxygens (including phenoxy) is 2. The Bertz CT molecular complexity index is 605. The Morgan fingerprint density at radius 3 is 2.42 bits per heavy atom. The molecule has 1 aromatic carbocycles. The van der Waals surface area contributed by atoms with Gasteiger partial charge in [-0.15, -0.1) is 0 Å². The maximum atomic E-state index is 11.5. The van der Waals surface area contributed by atoms with Gasteiger partial charge in [0.1, 0.15) is 16.9 Å². The van der Waals surface area contributed by atoms with Crippen LogP contribution in [0.1, 0.15) is 75.7 Å². The van der Waals surface area contributed by atoms with Crippen LogP contribution in [-0.2, 0) is 4.74 Å². The van der Waals surface area contributed by atoms with E-state index in [9.17, 15) is 14.7 Å². The molecule has 0 fully saturated rings. The minimum absolute atomic E-state index is 0.181. The third-order valence-corrected chi connectivity index (χ3v) is 3.65. The third-order valence-electron chi connectivity index (χ3n) is 3.65. The molecule has 1 amide bonds. The lowest BCUT2D eigenvalue weighted by Gasteiger charge is -2.19. The van der Waals surface area contributed by atoms with Crippen molar-refractivity contribution in [2.24, 2.45) is 0 Å². The van der Waals surface area contributed by atoms with Gasteiger partial charge in [-0.25, -0.2) is 9.59 Å². The van der Waals surface area contributed by atoms with Crippen molar-refractivity contribution >= 4 is 12.1 Å². The average molecular weight is 365 g/mol. The third kappa shape index (κ3) is 8.23. The van der Waals surface area contributed by atoms with Crippen LogP contribution in [0, 0.1) is 0 Å². The number of hydrogen-bond acceptors (Lipinski definition) is 4.